The van der Waals surface area contributed by atoms with Crippen molar-refractivity contribution in [3.8, 4) is 5.88 Å². The Kier molecular flexibility index (Phi) is 3.29. The third kappa shape index (κ3) is 2.76. The third-order valence-electron chi connectivity index (χ3n) is 2.35. The first-order valence-electron chi connectivity index (χ1n) is 5.04. The Hall–Kier alpha value is -1.42. The molecule has 0 unspecified atom stereocenters. The molecule has 2 rings (SSSR count). The minimum atomic E-state index is 0.188. The first kappa shape index (κ1) is 10.1. The molecule has 80 valence electrons. The fourth-order valence-electron chi connectivity index (χ4n) is 1.50. The van der Waals surface area contributed by atoms with E-state index < -0.39 is 0 Å². The predicted octanol–water partition coefficient (Wildman–Crippen LogP) is 1.45. The van der Waals surface area contributed by atoms with E-state index in [0.717, 1.165) is 32.3 Å². The lowest BCUT2D eigenvalue weighted by Crippen LogP contribution is -2.26. The maximum atomic E-state index is 10.4. The van der Waals surface area contributed by atoms with Crippen LogP contribution in [-0.2, 0) is 4.74 Å². The quantitative estimate of drug-likeness (QED) is 0.704. The van der Waals surface area contributed by atoms with Gasteiger partial charge in [0.15, 0.2) is 6.29 Å². The van der Waals surface area contributed by atoms with Gasteiger partial charge in [0.2, 0.25) is 5.88 Å². The lowest BCUT2D eigenvalue weighted by Gasteiger charge is -2.22. The van der Waals surface area contributed by atoms with Crippen molar-refractivity contribution in [1.82, 2.24) is 4.98 Å². The number of pyridine rings is 1. The van der Waals surface area contributed by atoms with Crippen LogP contribution < -0.4 is 4.74 Å². The minimum Gasteiger partial charge on any atom is -0.474 e. The number of nitrogens with zero attached hydrogens (tertiary/aromatic N) is 1. The highest BCUT2D eigenvalue weighted by molar-refractivity contribution is 5.73. The van der Waals surface area contributed by atoms with E-state index in [1.165, 1.54) is 6.20 Å². The molecule has 1 aromatic heterocycles. The summed E-state index contributed by atoms with van der Waals surface area (Å²) in [5, 5.41) is 0. The lowest BCUT2D eigenvalue weighted by atomic mass is 10.1. The zero-order valence-corrected chi connectivity index (χ0v) is 8.39. The highest BCUT2D eigenvalue weighted by Gasteiger charge is 2.15. The van der Waals surface area contributed by atoms with E-state index in [0.29, 0.717) is 11.4 Å². The maximum absolute atomic E-state index is 10.4. The van der Waals surface area contributed by atoms with Gasteiger partial charge in [-0.1, -0.05) is 0 Å². The number of aldehydes is 1. The highest BCUT2D eigenvalue weighted by atomic mass is 16.5. The third-order valence-corrected chi connectivity index (χ3v) is 2.35. The Balaban J connectivity index is 1.94. The topological polar surface area (TPSA) is 48.4 Å². The van der Waals surface area contributed by atoms with Gasteiger partial charge in [-0.2, -0.15) is 0 Å². The SMILES string of the molecule is O=Cc1ccc(OC2CCOCC2)nc1. The molecule has 1 aliphatic heterocycles. The summed E-state index contributed by atoms with van der Waals surface area (Å²) in [5.41, 5.74) is 0.564. The molecule has 1 fully saturated rings. The van der Waals surface area contributed by atoms with Gasteiger partial charge >= 0.3 is 0 Å². The van der Waals surface area contributed by atoms with Crippen LogP contribution in [0.4, 0.5) is 0 Å². The summed E-state index contributed by atoms with van der Waals surface area (Å²) < 4.78 is 10.9. The minimum absolute atomic E-state index is 0.188. The normalized spacial score (nSPS) is 17.3. The van der Waals surface area contributed by atoms with Crippen molar-refractivity contribution < 1.29 is 14.3 Å². The van der Waals surface area contributed by atoms with Crippen molar-refractivity contribution in [2.75, 3.05) is 13.2 Å². The van der Waals surface area contributed by atoms with Gasteiger partial charge in [0, 0.05) is 30.7 Å². The zero-order valence-electron chi connectivity index (χ0n) is 8.39. The molecule has 0 spiro atoms. The van der Waals surface area contributed by atoms with Crippen LogP contribution in [0.2, 0.25) is 0 Å². The second-order valence-electron chi connectivity index (χ2n) is 3.48. The van der Waals surface area contributed by atoms with E-state index in [4.69, 9.17) is 9.47 Å². The number of carbonyl (C=O) groups is 1. The average Bonchev–Trinajstić information content (AvgIpc) is 2.31. The fourth-order valence-corrected chi connectivity index (χ4v) is 1.50. The molecule has 0 amide bonds. The fraction of sp³-hybridized carbons (Fsp3) is 0.455. The largest absolute Gasteiger partial charge is 0.474 e. The molecule has 4 nitrogen and oxygen atoms in total. The molecule has 1 aliphatic rings. The average molecular weight is 207 g/mol. The first-order valence-corrected chi connectivity index (χ1v) is 5.04. The summed E-state index contributed by atoms with van der Waals surface area (Å²) in [6.07, 6.45) is 4.27. The second kappa shape index (κ2) is 4.89. The van der Waals surface area contributed by atoms with E-state index in [9.17, 15) is 4.79 Å². The highest BCUT2D eigenvalue weighted by Crippen LogP contribution is 2.15. The molecule has 0 N–H and O–H groups in total. The Morgan fingerprint density at radius 1 is 1.40 bits per heavy atom. The summed E-state index contributed by atoms with van der Waals surface area (Å²) in [4.78, 5) is 14.5. The molecular formula is C11H13NO3. The van der Waals surface area contributed by atoms with Gasteiger partial charge in [-0.25, -0.2) is 4.98 Å². The summed E-state index contributed by atoms with van der Waals surface area (Å²) >= 11 is 0. The summed E-state index contributed by atoms with van der Waals surface area (Å²) in [6.45, 7) is 1.49. The molecule has 15 heavy (non-hydrogen) atoms. The molecule has 0 atom stereocenters. The Labute approximate surface area is 88.2 Å². The molecule has 0 aliphatic carbocycles. The molecule has 1 aromatic rings. The number of hydrogen-bond donors (Lipinski definition) is 0. The van der Waals surface area contributed by atoms with Gasteiger partial charge in [-0.15, -0.1) is 0 Å². The molecular weight excluding hydrogens is 194 g/mol. The van der Waals surface area contributed by atoms with Gasteiger partial charge in [-0.05, 0) is 6.07 Å². The number of rotatable bonds is 3. The number of hydrogen-bond acceptors (Lipinski definition) is 4. The van der Waals surface area contributed by atoms with Crippen molar-refractivity contribution in [1.29, 1.82) is 0 Å². The van der Waals surface area contributed by atoms with Crippen molar-refractivity contribution in [2.24, 2.45) is 0 Å². The summed E-state index contributed by atoms with van der Waals surface area (Å²) in [5.74, 6) is 0.576. The molecule has 0 radical (unpaired) electrons. The molecule has 0 bridgehead atoms. The first-order chi connectivity index (χ1) is 7.38. The van der Waals surface area contributed by atoms with E-state index in [2.05, 4.69) is 4.98 Å². The van der Waals surface area contributed by atoms with E-state index >= 15 is 0 Å². The predicted molar refractivity (Wildman–Crippen MR) is 54.1 cm³/mol. The monoisotopic (exact) mass is 207 g/mol. The summed E-state index contributed by atoms with van der Waals surface area (Å²) in [6, 6.07) is 3.42. The van der Waals surface area contributed by atoms with E-state index in [-0.39, 0.29) is 6.10 Å². The van der Waals surface area contributed by atoms with Crippen molar-refractivity contribution in [2.45, 2.75) is 18.9 Å². The molecule has 4 heteroatoms. The van der Waals surface area contributed by atoms with Gasteiger partial charge in [0.25, 0.3) is 0 Å². The van der Waals surface area contributed by atoms with Crippen LogP contribution in [0.3, 0.4) is 0 Å². The molecule has 0 saturated carbocycles. The smallest absolute Gasteiger partial charge is 0.213 e. The van der Waals surface area contributed by atoms with Crippen molar-refractivity contribution in [3.63, 3.8) is 0 Å². The lowest BCUT2D eigenvalue weighted by molar-refractivity contribution is 0.0237. The van der Waals surface area contributed by atoms with Crippen LogP contribution in [-0.4, -0.2) is 30.6 Å². The number of ether oxygens (including phenoxy) is 2. The Bertz CT molecular complexity index is 317. The van der Waals surface area contributed by atoms with Crippen LogP contribution in [0.1, 0.15) is 23.2 Å². The van der Waals surface area contributed by atoms with Crippen molar-refractivity contribution in [3.05, 3.63) is 23.9 Å². The van der Waals surface area contributed by atoms with E-state index in [1.807, 2.05) is 0 Å². The molecule has 2 heterocycles. The second-order valence-corrected chi connectivity index (χ2v) is 3.48. The zero-order chi connectivity index (χ0) is 10.5. The Morgan fingerprint density at radius 3 is 2.80 bits per heavy atom. The standard InChI is InChI=1S/C11H13NO3/c13-8-9-1-2-11(12-7-9)15-10-3-5-14-6-4-10/h1-2,7-8,10H,3-6H2. The summed E-state index contributed by atoms with van der Waals surface area (Å²) in [7, 11) is 0. The van der Waals surface area contributed by atoms with Gasteiger partial charge < -0.3 is 9.47 Å². The number of carbonyl (C=O) groups excluding carboxylic acids is 1. The van der Waals surface area contributed by atoms with Crippen LogP contribution >= 0.6 is 0 Å². The van der Waals surface area contributed by atoms with E-state index in [1.54, 1.807) is 12.1 Å². The van der Waals surface area contributed by atoms with Crippen molar-refractivity contribution >= 4 is 6.29 Å². The van der Waals surface area contributed by atoms with Crippen LogP contribution in [0.25, 0.3) is 0 Å². The molecule has 1 saturated heterocycles. The van der Waals surface area contributed by atoms with Crippen LogP contribution in [0.15, 0.2) is 18.3 Å². The number of aromatic nitrogens is 1. The van der Waals surface area contributed by atoms with Crippen LogP contribution in [0, 0.1) is 0 Å². The molecule has 0 aromatic carbocycles. The van der Waals surface area contributed by atoms with Gasteiger partial charge in [0.05, 0.1) is 13.2 Å². The van der Waals surface area contributed by atoms with Crippen LogP contribution in [0.5, 0.6) is 5.88 Å². The van der Waals surface area contributed by atoms with Gasteiger partial charge in [0.1, 0.15) is 6.10 Å². The van der Waals surface area contributed by atoms with Gasteiger partial charge in [-0.3, -0.25) is 4.79 Å². The Morgan fingerprint density at radius 2 is 2.20 bits per heavy atom. The maximum Gasteiger partial charge on any atom is 0.213 e.